The highest BCUT2D eigenvalue weighted by Gasteiger charge is 2.01. The van der Waals surface area contributed by atoms with Gasteiger partial charge in [-0.2, -0.15) is 0 Å². The topological polar surface area (TPSA) is 79.7 Å². The van der Waals surface area contributed by atoms with E-state index in [1.54, 1.807) is 0 Å². The Hall–Kier alpha value is -1.88. The lowest BCUT2D eigenvalue weighted by Crippen LogP contribution is -1.95. The molecule has 1 heterocycles. The highest BCUT2D eigenvalue weighted by molar-refractivity contribution is 5.87. The van der Waals surface area contributed by atoms with Crippen LogP contribution < -0.4 is 0 Å². The maximum Gasteiger partial charge on any atom is 0.330 e. The summed E-state index contributed by atoms with van der Waals surface area (Å²) in [6, 6.07) is 2.89. The predicted molar refractivity (Wildman–Crippen MR) is 52.9 cm³/mol. The van der Waals surface area contributed by atoms with E-state index in [1.807, 2.05) is 0 Å². The minimum Gasteiger partial charge on any atom is -0.506 e. The van der Waals surface area contributed by atoms with Crippen molar-refractivity contribution < 1.29 is 19.7 Å². The number of aliphatic hydroxyl groups excluding tert-OH is 1. The van der Waals surface area contributed by atoms with E-state index in [0.29, 0.717) is 5.69 Å². The van der Waals surface area contributed by atoms with Crippen LogP contribution in [0, 0.1) is 0 Å². The van der Waals surface area contributed by atoms with Crippen LogP contribution >= 0.6 is 0 Å². The number of aromatic nitrogens is 1. The SMILES string of the molecule is COC(=O)/C=C/c1nc(CO)ccc1O. The molecule has 0 radical (unpaired) electrons. The number of hydrogen-bond acceptors (Lipinski definition) is 5. The first-order valence-electron chi connectivity index (χ1n) is 4.23. The van der Waals surface area contributed by atoms with Crippen LogP contribution in [0.2, 0.25) is 0 Å². The molecule has 0 amide bonds. The molecule has 1 aromatic rings. The first-order valence-corrected chi connectivity index (χ1v) is 4.23. The van der Waals surface area contributed by atoms with Gasteiger partial charge in [-0.15, -0.1) is 0 Å². The van der Waals surface area contributed by atoms with E-state index in [-0.39, 0.29) is 18.1 Å². The van der Waals surface area contributed by atoms with E-state index < -0.39 is 5.97 Å². The van der Waals surface area contributed by atoms with E-state index >= 15 is 0 Å². The Morgan fingerprint density at radius 1 is 1.60 bits per heavy atom. The molecule has 0 aromatic carbocycles. The van der Waals surface area contributed by atoms with Gasteiger partial charge in [-0.3, -0.25) is 0 Å². The number of ether oxygens (including phenoxy) is 1. The molecule has 0 aliphatic rings. The summed E-state index contributed by atoms with van der Waals surface area (Å²) in [5, 5.41) is 18.2. The van der Waals surface area contributed by atoms with Gasteiger partial charge in [-0.05, 0) is 18.2 Å². The number of hydrogen-bond donors (Lipinski definition) is 2. The van der Waals surface area contributed by atoms with E-state index in [4.69, 9.17) is 5.11 Å². The van der Waals surface area contributed by atoms with Crippen molar-refractivity contribution in [2.24, 2.45) is 0 Å². The molecule has 0 saturated carbocycles. The molecule has 5 nitrogen and oxygen atoms in total. The molecular weight excluding hydrogens is 198 g/mol. The monoisotopic (exact) mass is 209 g/mol. The smallest absolute Gasteiger partial charge is 0.330 e. The van der Waals surface area contributed by atoms with Crippen LogP contribution in [0.15, 0.2) is 18.2 Å². The van der Waals surface area contributed by atoms with Gasteiger partial charge < -0.3 is 14.9 Å². The van der Waals surface area contributed by atoms with Gasteiger partial charge in [0, 0.05) is 6.08 Å². The quantitative estimate of drug-likeness (QED) is 0.558. The van der Waals surface area contributed by atoms with Gasteiger partial charge in [0.15, 0.2) is 0 Å². The average molecular weight is 209 g/mol. The number of rotatable bonds is 3. The lowest BCUT2D eigenvalue weighted by molar-refractivity contribution is -0.134. The van der Waals surface area contributed by atoms with Gasteiger partial charge in [-0.25, -0.2) is 9.78 Å². The van der Waals surface area contributed by atoms with Crippen molar-refractivity contribution in [2.75, 3.05) is 7.11 Å². The molecule has 0 fully saturated rings. The standard InChI is InChI=1S/C10H11NO4/c1-15-10(14)5-3-8-9(13)4-2-7(6-12)11-8/h2-5,12-13H,6H2,1H3/b5-3+. The summed E-state index contributed by atoms with van der Waals surface area (Å²) in [5.41, 5.74) is 0.629. The number of aliphatic hydroxyl groups is 1. The summed E-state index contributed by atoms with van der Waals surface area (Å²) in [7, 11) is 1.25. The number of carbonyl (C=O) groups excluding carboxylic acids is 1. The molecule has 0 atom stereocenters. The Bertz CT molecular complexity index is 387. The molecule has 2 N–H and O–H groups in total. The van der Waals surface area contributed by atoms with Crippen molar-refractivity contribution in [3.05, 3.63) is 29.6 Å². The van der Waals surface area contributed by atoms with Crippen LogP contribution in [-0.4, -0.2) is 28.3 Å². The summed E-state index contributed by atoms with van der Waals surface area (Å²) in [4.78, 5) is 14.7. The third-order valence-electron chi connectivity index (χ3n) is 1.70. The van der Waals surface area contributed by atoms with Crippen LogP contribution in [0.4, 0.5) is 0 Å². The average Bonchev–Trinajstić information content (AvgIpc) is 2.27. The molecule has 0 spiro atoms. The zero-order valence-corrected chi connectivity index (χ0v) is 8.17. The van der Waals surface area contributed by atoms with Gasteiger partial charge in [0.1, 0.15) is 11.4 Å². The Balaban J connectivity index is 2.93. The fourth-order valence-corrected chi connectivity index (χ4v) is 0.935. The van der Waals surface area contributed by atoms with Crippen molar-refractivity contribution in [3.8, 4) is 5.75 Å². The lowest BCUT2D eigenvalue weighted by atomic mass is 10.2. The van der Waals surface area contributed by atoms with E-state index in [9.17, 15) is 9.90 Å². The molecule has 80 valence electrons. The minimum atomic E-state index is -0.536. The van der Waals surface area contributed by atoms with E-state index in [0.717, 1.165) is 6.08 Å². The van der Waals surface area contributed by atoms with Crippen molar-refractivity contribution in [1.82, 2.24) is 4.98 Å². The highest BCUT2D eigenvalue weighted by Crippen LogP contribution is 2.16. The van der Waals surface area contributed by atoms with E-state index in [2.05, 4.69) is 9.72 Å². The largest absolute Gasteiger partial charge is 0.506 e. The summed E-state index contributed by atoms with van der Waals surface area (Å²) < 4.78 is 4.38. The normalized spacial score (nSPS) is 10.5. The van der Waals surface area contributed by atoms with Crippen molar-refractivity contribution in [1.29, 1.82) is 0 Å². The van der Waals surface area contributed by atoms with Gasteiger partial charge in [0.25, 0.3) is 0 Å². The molecule has 0 aliphatic heterocycles. The maximum atomic E-state index is 10.8. The van der Waals surface area contributed by atoms with Gasteiger partial charge >= 0.3 is 5.97 Å². The fraction of sp³-hybridized carbons (Fsp3) is 0.200. The number of esters is 1. The van der Waals surface area contributed by atoms with Crippen molar-refractivity contribution in [2.45, 2.75) is 6.61 Å². The zero-order chi connectivity index (χ0) is 11.3. The van der Waals surface area contributed by atoms with E-state index in [1.165, 1.54) is 25.3 Å². The van der Waals surface area contributed by atoms with Crippen molar-refractivity contribution in [3.63, 3.8) is 0 Å². The molecule has 1 rings (SSSR count). The van der Waals surface area contributed by atoms with Crippen LogP contribution in [0.3, 0.4) is 0 Å². The second kappa shape index (κ2) is 5.11. The number of nitrogens with zero attached hydrogens (tertiary/aromatic N) is 1. The number of aromatic hydroxyl groups is 1. The minimum absolute atomic E-state index is 0.0626. The predicted octanol–water partition coefficient (Wildman–Crippen LogP) is 0.466. The van der Waals surface area contributed by atoms with Crippen LogP contribution in [0.1, 0.15) is 11.4 Å². The Morgan fingerprint density at radius 2 is 2.33 bits per heavy atom. The maximum absolute atomic E-state index is 10.8. The Morgan fingerprint density at radius 3 is 2.93 bits per heavy atom. The second-order valence-electron chi connectivity index (χ2n) is 2.72. The molecule has 1 aromatic heterocycles. The van der Waals surface area contributed by atoms with Gasteiger partial charge in [-0.1, -0.05) is 0 Å². The number of pyridine rings is 1. The van der Waals surface area contributed by atoms with Gasteiger partial charge in [0.2, 0.25) is 0 Å². The highest BCUT2D eigenvalue weighted by atomic mass is 16.5. The molecular formula is C10H11NO4. The third-order valence-corrected chi connectivity index (χ3v) is 1.70. The summed E-state index contributed by atoms with van der Waals surface area (Å²) in [6.45, 7) is -0.223. The Labute approximate surface area is 86.6 Å². The molecule has 0 aliphatic carbocycles. The molecule has 5 heteroatoms. The lowest BCUT2D eigenvalue weighted by Gasteiger charge is -2.00. The van der Waals surface area contributed by atoms with Crippen LogP contribution in [0.25, 0.3) is 6.08 Å². The molecule has 0 bridgehead atoms. The zero-order valence-electron chi connectivity index (χ0n) is 8.17. The van der Waals surface area contributed by atoms with Gasteiger partial charge in [0.05, 0.1) is 19.4 Å². The first-order chi connectivity index (χ1) is 7.17. The Kier molecular flexibility index (Phi) is 3.82. The molecule has 0 saturated heterocycles. The fourth-order valence-electron chi connectivity index (χ4n) is 0.935. The third kappa shape index (κ3) is 3.07. The second-order valence-corrected chi connectivity index (χ2v) is 2.72. The summed E-state index contributed by atoms with van der Waals surface area (Å²) in [6.07, 6.45) is 2.46. The number of carbonyl (C=O) groups is 1. The summed E-state index contributed by atoms with van der Waals surface area (Å²) >= 11 is 0. The molecule has 15 heavy (non-hydrogen) atoms. The van der Waals surface area contributed by atoms with Crippen molar-refractivity contribution >= 4 is 12.0 Å². The first kappa shape index (κ1) is 11.2. The summed E-state index contributed by atoms with van der Waals surface area (Å²) in [5.74, 6) is -0.599. The molecule has 0 unspecified atom stereocenters. The van der Waals surface area contributed by atoms with Crippen LogP contribution in [0.5, 0.6) is 5.75 Å². The van der Waals surface area contributed by atoms with Crippen LogP contribution in [-0.2, 0) is 16.1 Å². The number of methoxy groups -OCH3 is 1.